The lowest BCUT2D eigenvalue weighted by molar-refractivity contribution is 0.232. The Morgan fingerprint density at radius 3 is 2.39 bits per heavy atom. The van der Waals surface area contributed by atoms with Gasteiger partial charge < -0.3 is 9.80 Å². The maximum atomic E-state index is 2.71. The molecule has 0 aromatic carbocycles. The highest BCUT2D eigenvalue weighted by atomic mass is 35.5. The first-order valence-corrected chi connectivity index (χ1v) is 7.81. The quantitative estimate of drug-likeness (QED) is 0.787. The largest absolute Gasteiger partial charge is 0.309 e. The predicted molar refractivity (Wildman–Crippen MR) is 87.7 cm³/mol. The molecule has 2 nitrogen and oxygen atoms in total. The maximum Gasteiger partial charge on any atom is 0.00391 e. The molecular formula is C13H28Cl2N2S. The van der Waals surface area contributed by atoms with Gasteiger partial charge in [0.05, 0.1) is 0 Å². The minimum atomic E-state index is 0. The van der Waals surface area contributed by atoms with Gasteiger partial charge in [-0.25, -0.2) is 0 Å². The SMILES string of the molecule is CN(C)CCCN1CCC2(CCSCC2)C1.Cl.Cl. The van der Waals surface area contributed by atoms with Gasteiger partial charge in [0.1, 0.15) is 0 Å². The van der Waals surface area contributed by atoms with Gasteiger partial charge in [-0.15, -0.1) is 24.8 Å². The molecule has 2 aliphatic rings. The lowest BCUT2D eigenvalue weighted by Gasteiger charge is -2.33. The van der Waals surface area contributed by atoms with Crippen LogP contribution in [0.4, 0.5) is 0 Å². The van der Waals surface area contributed by atoms with Crippen molar-refractivity contribution < 1.29 is 0 Å². The Kier molecular flexibility index (Phi) is 9.33. The highest BCUT2D eigenvalue weighted by molar-refractivity contribution is 7.99. The zero-order valence-corrected chi connectivity index (χ0v) is 14.1. The highest BCUT2D eigenvalue weighted by Crippen LogP contribution is 2.42. The Balaban J connectivity index is 0.00000144. The van der Waals surface area contributed by atoms with Crippen molar-refractivity contribution in [2.75, 3.05) is 51.8 Å². The van der Waals surface area contributed by atoms with Crippen molar-refractivity contribution in [2.45, 2.75) is 25.7 Å². The van der Waals surface area contributed by atoms with Crippen LogP contribution < -0.4 is 0 Å². The zero-order valence-electron chi connectivity index (χ0n) is 11.7. The van der Waals surface area contributed by atoms with E-state index in [1.807, 2.05) is 0 Å². The third kappa shape index (κ3) is 5.46. The molecule has 5 heteroatoms. The topological polar surface area (TPSA) is 6.48 Å². The van der Waals surface area contributed by atoms with Gasteiger partial charge in [0.25, 0.3) is 0 Å². The van der Waals surface area contributed by atoms with Crippen LogP contribution >= 0.6 is 36.6 Å². The van der Waals surface area contributed by atoms with Crippen LogP contribution in [0.5, 0.6) is 0 Å². The Hall–Kier alpha value is 0.850. The van der Waals surface area contributed by atoms with Gasteiger partial charge in [-0.1, -0.05) is 0 Å². The molecule has 0 radical (unpaired) electrons. The summed E-state index contributed by atoms with van der Waals surface area (Å²) in [6.45, 7) is 5.30. The summed E-state index contributed by atoms with van der Waals surface area (Å²) in [5.74, 6) is 2.82. The van der Waals surface area contributed by atoms with Crippen LogP contribution in [0.1, 0.15) is 25.7 Å². The second-order valence-electron chi connectivity index (χ2n) is 5.80. The van der Waals surface area contributed by atoms with Crippen LogP contribution in [0.3, 0.4) is 0 Å². The molecule has 2 fully saturated rings. The summed E-state index contributed by atoms with van der Waals surface area (Å²) >= 11 is 2.15. The van der Waals surface area contributed by atoms with E-state index in [-0.39, 0.29) is 24.8 Å². The van der Waals surface area contributed by atoms with Gasteiger partial charge in [-0.2, -0.15) is 11.8 Å². The van der Waals surface area contributed by atoms with Crippen molar-refractivity contribution in [2.24, 2.45) is 5.41 Å². The first-order valence-electron chi connectivity index (χ1n) is 6.65. The molecule has 0 atom stereocenters. The Morgan fingerprint density at radius 2 is 1.78 bits per heavy atom. The number of rotatable bonds is 4. The number of nitrogens with zero attached hydrogens (tertiary/aromatic N) is 2. The molecule has 2 heterocycles. The summed E-state index contributed by atoms with van der Waals surface area (Å²) in [6.07, 6.45) is 5.75. The van der Waals surface area contributed by atoms with Crippen molar-refractivity contribution in [3.63, 3.8) is 0 Å². The molecule has 0 bridgehead atoms. The van der Waals surface area contributed by atoms with Gasteiger partial charge in [0.15, 0.2) is 0 Å². The van der Waals surface area contributed by atoms with Crippen LogP contribution in [-0.4, -0.2) is 61.6 Å². The van der Waals surface area contributed by atoms with Crippen LogP contribution in [0.15, 0.2) is 0 Å². The minimum absolute atomic E-state index is 0. The smallest absolute Gasteiger partial charge is 0.00391 e. The molecule has 1 spiro atoms. The summed E-state index contributed by atoms with van der Waals surface area (Å²) in [5, 5.41) is 0. The van der Waals surface area contributed by atoms with E-state index >= 15 is 0 Å². The molecule has 0 N–H and O–H groups in total. The van der Waals surface area contributed by atoms with Crippen LogP contribution in [0.25, 0.3) is 0 Å². The highest BCUT2D eigenvalue weighted by Gasteiger charge is 2.38. The fraction of sp³-hybridized carbons (Fsp3) is 1.00. The zero-order chi connectivity index (χ0) is 11.4. The third-order valence-corrected chi connectivity index (χ3v) is 5.14. The van der Waals surface area contributed by atoms with Crippen molar-refractivity contribution in [1.29, 1.82) is 0 Å². The fourth-order valence-corrected chi connectivity index (χ4v) is 4.40. The average molecular weight is 315 g/mol. The molecule has 0 aromatic heterocycles. The Morgan fingerprint density at radius 1 is 1.11 bits per heavy atom. The molecular weight excluding hydrogens is 287 g/mol. The molecule has 0 aromatic rings. The number of likely N-dealkylation sites (tertiary alicyclic amines) is 1. The van der Waals surface area contributed by atoms with Gasteiger partial charge in [-0.3, -0.25) is 0 Å². The summed E-state index contributed by atoms with van der Waals surface area (Å²) in [6, 6.07) is 0. The van der Waals surface area contributed by atoms with E-state index in [1.165, 1.54) is 63.4 Å². The van der Waals surface area contributed by atoms with Crippen LogP contribution in [0.2, 0.25) is 0 Å². The van der Waals surface area contributed by atoms with E-state index in [2.05, 4.69) is 35.7 Å². The Bertz CT molecular complexity index is 221. The molecule has 2 rings (SSSR count). The van der Waals surface area contributed by atoms with E-state index in [4.69, 9.17) is 0 Å². The summed E-state index contributed by atoms with van der Waals surface area (Å²) in [7, 11) is 4.34. The van der Waals surface area contributed by atoms with E-state index in [0.717, 1.165) is 5.41 Å². The lowest BCUT2D eigenvalue weighted by atomic mass is 9.81. The van der Waals surface area contributed by atoms with E-state index in [1.54, 1.807) is 0 Å². The van der Waals surface area contributed by atoms with Crippen molar-refractivity contribution >= 4 is 36.6 Å². The van der Waals surface area contributed by atoms with Gasteiger partial charge in [0, 0.05) is 6.54 Å². The molecule has 0 saturated carbocycles. The molecule has 110 valence electrons. The number of hydrogen-bond acceptors (Lipinski definition) is 3. The standard InChI is InChI=1S/C13H26N2S.2ClH/c1-14(2)7-3-8-15-9-4-13(12-15)5-10-16-11-6-13;;/h3-12H2,1-2H3;2*1H. The second kappa shape index (κ2) is 8.91. The number of halogens is 2. The normalized spacial score (nSPS) is 22.8. The molecule has 2 saturated heterocycles. The average Bonchev–Trinajstić information content (AvgIpc) is 2.62. The Labute approximate surface area is 129 Å². The number of thioether (sulfide) groups is 1. The minimum Gasteiger partial charge on any atom is -0.309 e. The number of hydrogen-bond donors (Lipinski definition) is 0. The third-order valence-electron chi connectivity index (χ3n) is 4.15. The molecule has 18 heavy (non-hydrogen) atoms. The van der Waals surface area contributed by atoms with Gasteiger partial charge >= 0.3 is 0 Å². The first kappa shape index (κ1) is 18.9. The molecule has 0 unspecified atom stereocenters. The fourth-order valence-electron chi connectivity index (χ4n) is 3.04. The molecule has 2 aliphatic heterocycles. The lowest BCUT2D eigenvalue weighted by Crippen LogP contribution is -2.32. The van der Waals surface area contributed by atoms with Gasteiger partial charge in [-0.05, 0) is 76.3 Å². The molecule has 0 amide bonds. The van der Waals surface area contributed by atoms with Crippen molar-refractivity contribution in [1.82, 2.24) is 9.80 Å². The monoisotopic (exact) mass is 314 g/mol. The maximum absolute atomic E-state index is 2.71. The first-order chi connectivity index (χ1) is 7.70. The summed E-state index contributed by atoms with van der Waals surface area (Å²) in [5.41, 5.74) is 0.726. The summed E-state index contributed by atoms with van der Waals surface area (Å²) in [4.78, 5) is 5.00. The van der Waals surface area contributed by atoms with E-state index in [0.29, 0.717) is 0 Å². The predicted octanol–water partition coefficient (Wildman–Crippen LogP) is 3.00. The van der Waals surface area contributed by atoms with Crippen molar-refractivity contribution in [3.05, 3.63) is 0 Å². The summed E-state index contributed by atoms with van der Waals surface area (Å²) < 4.78 is 0. The van der Waals surface area contributed by atoms with Gasteiger partial charge in [0.2, 0.25) is 0 Å². The van der Waals surface area contributed by atoms with Crippen molar-refractivity contribution in [3.8, 4) is 0 Å². The van der Waals surface area contributed by atoms with E-state index < -0.39 is 0 Å². The molecule has 0 aliphatic carbocycles. The van der Waals surface area contributed by atoms with Crippen LogP contribution in [-0.2, 0) is 0 Å². The van der Waals surface area contributed by atoms with Crippen LogP contribution in [0, 0.1) is 5.41 Å². The second-order valence-corrected chi connectivity index (χ2v) is 7.02. The van der Waals surface area contributed by atoms with E-state index in [9.17, 15) is 0 Å².